The molecule has 2 aliphatic carbocycles. The first kappa shape index (κ1) is 15.2. The monoisotopic (exact) mass is 444 g/mol. The summed E-state index contributed by atoms with van der Waals surface area (Å²) in [4.78, 5) is 12.7. The van der Waals surface area contributed by atoms with Crippen molar-refractivity contribution < 1.29 is 14.3 Å². The predicted octanol–water partition coefficient (Wildman–Crippen LogP) is 3.74. The normalized spacial score (nSPS) is 37.8. The third-order valence-corrected chi connectivity index (χ3v) is 8.28. The number of ketones is 1. The zero-order chi connectivity index (χ0) is 13.7. The highest BCUT2D eigenvalue weighted by Gasteiger charge is 2.76. The molecule has 102 valence electrons. The zero-order valence-electron chi connectivity index (χ0n) is 10.4. The molecule has 0 aromatic rings. The Hall–Kier alpha value is 0.770. The maximum atomic E-state index is 12.7. The van der Waals surface area contributed by atoms with Crippen LogP contribution in [-0.2, 0) is 14.3 Å². The lowest BCUT2D eigenvalue weighted by molar-refractivity contribution is -0.223. The Morgan fingerprint density at radius 1 is 1.28 bits per heavy atom. The van der Waals surface area contributed by atoms with Gasteiger partial charge in [0.05, 0.1) is 5.92 Å². The van der Waals surface area contributed by atoms with Gasteiger partial charge < -0.3 is 9.47 Å². The average molecular weight is 447 g/mol. The third kappa shape index (κ3) is 1.50. The molecule has 3 nitrogen and oxygen atoms in total. The number of carbonyl (C=O) groups is 1. The van der Waals surface area contributed by atoms with Gasteiger partial charge in [-0.3, -0.25) is 4.79 Å². The zero-order valence-corrected chi connectivity index (χ0v) is 15.2. The van der Waals surface area contributed by atoms with E-state index in [-0.39, 0.29) is 17.6 Å². The number of Topliss-reactive ketones (excluding diaryl/α,β-unsaturated/α-hetero) is 1. The van der Waals surface area contributed by atoms with Crippen molar-refractivity contribution in [1.82, 2.24) is 0 Å². The minimum Gasteiger partial charge on any atom is -0.351 e. The second-order valence-corrected chi connectivity index (χ2v) is 7.47. The van der Waals surface area contributed by atoms with Crippen LogP contribution in [0.3, 0.4) is 0 Å². The Labute approximate surface area is 132 Å². The number of ether oxygens (including phenoxy) is 2. The number of methoxy groups -OCH3 is 2. The summed E-state index contributed by atoms with van der Waals surface area (Å²) < 4.78 is 12.1. The molecule has 2 bridgehead atoms. The second kappa shape index (κ2) is 4.95. The van der Waals surface area contributed by atoms with E-state index in [1.54, 1.807) is 14.2 Å². The highest BCUT2D eigenvalue weighted by Crippen LogP contribution is 2.67. The quantitative estimate of drug-likeness (QED) is 0.487. The Kier molecular flexibility index (Phi) is 4.17. The van der Waals surface area contributed by atoms with Crippen LogP contribution in [0.5, 0.6) is 0 Å². The molecule has 2 rings (SSSR count). The van der Waals surface area contributed by atoms with Crippen LogP contribution in [0, 0.1) is 11.8 Å². The Morgan fingerprint density at radius 3 is 2.22 bits per heavy atom. The lowest BCUT2D eigenvalue weighted by Gasteiger charge is -2.36. The smallest absolute Gasteiger partial charge is 0.203 e. The standard InChI is InChI=1S/C12H15Br3O3/c1-4-5-6-7-8(13)9(14)11(15,10(6)16)12(7,17-2)18-3/h6-7H,4-5H2,1-3H3/t6-,7-,11+/m0/s1. The van der Waals surface area contributed by atoms with Gasteiger partial charge in [-0.25, -0.2) is 0 Å². The lowest BCUT2D eigenvalue weighted by atomic mass is 9.88. The molecule has 2 aliphatic rings. The van der Waals surface area contributed by atoms with E-state index in [0.717, 1.165) is 21.8 Å². The predicted molar refractivity (Wildman–Crippen MR) is 80.2 cm³/mol. The lowest BCUT2D eigenvalue weighted by Crippen LogP contribution is -2.51. The number of alkyl halides is 1. The van der Waals surface area contributed by atoms with E-state index in [0.29, 0.717) is 0 Å². The first-order chi connectivity index (χ1) is 8.42. The summed E-state index contributed by atoms with van der Waals surface area (Å²) in [5, 5.41) is 0. The van der Waals surface area contributed by atoms with Gasteiger partial charge in [0.25, 0.3) is 0 Å². The molecule has 6 heteroatoms. The fourth-order valence-electron chi connectivity index (χ4n) is 3.19. The minimum atomic E-state index is -0.971. The molecular weight excluding hydrogens is 432 g/mol. The van der Waals surface area contributed by atoms with E-state index in [1.807, 2.05) is 0 Å². The molecule has 0 aromatic carbocycles. The Balaban J connectivity index is 2.60. The van der Waals surface area contributed by atoms with Crippen LogP contribution in [0.4, 0.5) is 0 Å². The topological polar surface area (TPSA) is 35.5 Å². The summed E-state index contributed by atoms with van der Waals surface area (Å²) in [5.41, 5.74) is 0. The van der Waals surface area contributed by atoms with E-state index in [1.165, 1.54) is 0 Å². The molecule has 3 atom stereocenters. The molecule has 0 radical (unpaired) electrons. The molecule has 0 saturated heterocycles. The molecule has 0 heterocycles. The largest absolute Gasteiger partial charge is 0.351 e. The fourth-order valence-corrected chi connectivity index (χ4v) is 6.17. The second-order valence-electron chi connectivity index (χ2n) is 4.63. The van der Waals surface area contributed by atoms with Gasteiger partial charge in [-0.05, 0) is 6.42 Å². The van der Waals surface area contributed by atoms with Gasteiger partial charge in [0, 0.05) is 29.1 Å². The molecular formula is C12H15Br3O3. The van der Waals surface area contributed by atoms with E-state index in [2.05, 4.69) is 54.7 Å². The highest BCUT2D eigenvalue weighted by molar-refractivity contribution is 9.15. The number of hydrogen-bond acceptors (Lipinski definition) is 3. The summed E-state index contributed by atoms with van der Waals surface area (Å²) in [6.07, 6.45) is 1.79. The van der Waals surface area contributed by atoms with Crippen molar-refractivity contribution in [1.29, 1.82) is 0 Å². The van der Waals surface area contributed by atoms with Crippen molar-refractivity contribution in [2.75, 3.05) is 14.2 Å². The van der Waals surface area contributed by atoms with Crippen LogP contribution in [0.1, 0.15) is 19.8 Å². The average Bonchev–Trinajstić information content (AvgIpc) is 2.66. The van der Waals surface area contributed by atoms with Crippen LogP contribution in [0.2, 0.25) is 0 Å². The molecule has 0 unspecified atom stereocenters. The van der Waals surface area contributed by atoms with Gasteiger partial charge in [0.2, 0.25) is 5.79 Å². The van der Waals surface area contributed by atoms with Crippen LogP contribution >= 0.6 is 47.8 Å². The van der Waals surface area contributed by atoms with Gasteiger partial charge in [0.1, 0.15) is 0 Å². The third-order valence-electron chi connectivity index (χ3n) is 3.96. The van der Waals surface area contributed by atoms with E-state index < -0.39 is 10.1 Å². The van der Waals surface area contributed by atoms with Gasteiger partial charge in [-0.15, -0.1) is 0 Å². The van der Waals surface area contributed by atoms with Gasteiger partial charge in [0.15, 0.2) is 10.1 Å². The Bertz CT molecular complexity index is 417. The van der Waals surface area contributed by atoms with Crippen molar-refractivity contribution in [3.8, 4) is 0 Å². The van der Waals surface area contributed by atoms with E-state index in [9.17, 15) is 4.79 Å². The van der Waals surface area contributed by atoms with Crippen LogP contribution in [0.15, 0.2) is 8.96 Å². The maximum absolute atomic E-state index is 12.7. The summed E-state index contributed by atoms with van der Waals surface area (Å²) in [7, 11) is 3.17. The minimum absolute atomic E-state index is 0.0788. The number of hydrogen-bond donors (Lipinski definition) is 0. The summed E-state index contributed by atoms with van der Waals surface area (Å²) in [6.45, 7) is 2.08. The van der Waals surface area contributed by atoms with Gasteiger partial charge in [-0.1, -0.05) is 61.1 Å². The molecule has 1 saturated carbocycles. The SMILES string of the molecule is CCC[C@@H]1C(=O)[C@]2(Br)C(Br)=C(Br)[C@H]1C2(OC)OC. The van der Waals surface area contributed by atoms with Crippen LogP contribution < -0.4 is 0 Å². The molecule has 1 fully saturated rings. The van der Waals surface area contributed by atoms with E-state index in [4.69, 9.17) is 9.47 Å². The first-order valence-corrected chi connectivity index (χ1v) is 8.19. The van der Waals surface area contributed by atoms with Crippen molar-refractivity contribution in [3.63, 3.8) is 0 Å². The van der Waals surface area contributed by atoms with Crippen LogP contribution in [0.25, 0.3) is 0 Å². The first-order valence-electron chi connectivity index (χ1n) is 5.81. The van der Waals surface area contributed by atoms with Crippen molar-refractivity contribution in [2.45, 2.75) is 29.9 Å². The van der Waals surface area contributed by atoms with Crippen molar-refractivity contribution in [2.24, 2.45) is 11.8 Å². The number of fused-ring (bicyclic) bond motifs is 2. The summed E-state index contributed by atoms with van der Waals surface area (Å²) in [5.74, 6) is -1.02. The number of carbonyl (C=O) groups excluding carboxylic acids is 1. The highest BCUT2D eigenvalue weighted by atomic mass is 79.9. The van der Waals surface area contributed by atoms with Gasteiger partial charge >= 0.3 is 0 Å². The maximum Gasteiger partial charge on any atom is 0.203 e. The number of halogens is 3. The summed E-state index contributed by atoms with van der Waals surface area (Å²) in [6, 6.07) is 0. The molecule has 18 heavy (non-hydrogen) atoms. The molecule has 0 amide bonds. The molecule has 0 spiro atoms. The summed E-state index contributed by atoms with van der Waals surface area (Å²) >= 11 is 10.7. The fraction of sp³-hybridized carbons (Fsp3) is 0.750. The Morgan fingerprint density at radius 2 is 1.83 bits per heavy atom. The van der Waals surface area contributed by atoms with Crippen molar-refractivity contribution in [3.05, 3.63) is 8.96 Å². The van der Waals surface area contributed by atoms with Crippen LogP contribution in [-0.4, -0.2) is 30.1 Å². The molecule has 0 aliphatic heterocycles. The number of rotatable bonds is 4. The van der Waals surface area contributed by atoms with E-state index >= 15 is 0 Å². The molecule has 0 N–H and O–H groups in total. The van der Waals surface area contributed by atoms with Crippen molar-refractivity contribution >= 4 is 53.6 Å². The molecule has 0 aromatic heterocycles. The van der Waals surface area contributed by atoms with Gasteiger partial charge in [-0.2, -0.15) is 0 Å².